The topological polar surface area (TPSA) is 91.1 Å². The number of halogens is 1. The highest BCUT2D eigenvalue weighted by Crippen LogP contribution is 2.20. The number of primary amides is 1. The van der Waals surface area contributed by atoms with Crippen molar-refractivity contribution >= 4 is 16.7 Å². The highest BCUT2D eigenvalue weighted by atomic mass is 19.1. The summed E-state index contributed by atoms with van der Waals surface area (Å²) in [6.07, 6.45) is 0. The number of amides is 1. The Morgan fingerprint density at radius 1 is 1.41 bits per heavy atom. The molecule has 0 aliphatic rings. The van der Waals surface area contributed by atoms with Crippen molar-refractivity contribution in [3.63, 3.8) is 0 Å². The summed E-state index contributed by atoms with van der Waals surface area (Å²) in [5, 5.41) is -0.0453. The maximum Gasteiger partial charge on any atom is 0.279 e. The largest absolute Gasteiger partial charge is 0.366 e. The van der Waals surface area contributed by atoms with E-state index in [2.05, 4.69) is 0 Å². The molecule has 1 aromatic heterocycles. The second-order valence-corrected chi connectivity index (χ2v) is 3.66. The molecule has 0 unspecified atom stereocenters. The van der Waals surface area contributed by atoms with E-state index in [0.29, 0.717) is 0 Å². The summed E-state index contributed by atoms with van der Waals surface area (Å²) < 4.78 is 14.3. The predicted molar refractivity (Wildman–Crippen MR) is 61.6 cm³/mol. The molecule has 0 fully saturated rings. The zero-order valence-corrected chi connectivity index (χ0v) is 9.03. The third kappa shape index (κ3) is 1.45. The molecule has 0 saturated heterocycles. The van der Waals surface area contributed by atoms with Crippen LogP contribution in [0.5, 0.6) is 0 Å². The number of hydrogen-bond donors (Lipinski definition) is 2. The van der Waals surface area contributed by atoms with Crippen LogP contribution in [0.2, 0.25) is 0 Å². The fourth-order valence-electron chi connectivity index (χ4n) is 1.85. The van der Waals surface area contributed by atoms with Crippen molar-refractivity contribution in [1.29, 1.82) is 0 Å². The molecule has 0 saturated carbocycles. The zero-order valence-electron chi connectivity index (χ0n) is 9.03. The Morgan fingerprint density at radius 2 is 2.06 bits per heavy atom. The Morgan fingerprint density at radius 3 is 2.65 bits per heavy atom. The molecule has 6 heteroatoms. The van der Waals surface area contributed by atoms with E-state index in [-0.39, 0.29) is 22.0 Å². The van der Waals surface area contributed by atoms with Crippen LogP contribution in [-0.4, -0.2) is 10.6 Å². The number of nitrogens with zero attached hydrogens (tertiary/aromatic N) is 1. The highest BCUT2D eigenvalue weighted by molar-refractivity contribution is 6.07. The van der Waals surface area contributed by atoms with Gasteiger partial charge >= 0.3 is 0 Å². The monoisotopic (exact) mass is 235 g/mol. The van der Waals surface area contributed by atoms with E-state index in [0.717, 1.165) is 10.7 Å². The number of rotatable bonds is 1. The summed E-state index contributed by atoms with van der Waals surface area (Å²) in [4.78, 5) is 23.1. The van der Waals surface area contributed by atoms with Gasteiger partial charge in [-0.3, -0.25) is 9.59 Å². The van der Waals surface area contributed by atoms with Gasteiger partial charge in [0.2, 0.25) is 0 Å². The van der Waals surface area contributed by atoms with Crippen LogP contribution in [0, 0.1) is 12.7 Å². The van der Waals surface area contributed by atoms with E-state index in [1.165, 1.54) is 19.1 Å². The summed E-state index contributed by atoms with van der Waals surface area (Å²) in [6.45, 7) is 1.48. The molecule has 2 aromatic rings. The van der Waals surface area contributed by atoms with E-state index in [1.54, 1.807) is 0 Å². The average Bonchev–Trinajstić information content (AvgIpc) is 2.25. The molecule has 4 N–H and O–H groups in total. The van der Waals surface area contributed by atoms with Crippen molar-refractivity contribution in [2.75, 3.05) is 5.84 Å². The zero-order chi connectivity index (χ0) is 12.7. The Hall–Kier alpha value is -2.37. The number of carbonyl (C=O) groups excluding carboxylic acids is 1. The van der Waals surface area contributed by atoms with E-state index in [4.69, 9.17) is 11.6 Å². The molecule has 17 heavy (non-hydrogen) atoms. The lowest BCUT2D eigenvalue weighted by atomic mass is 10.0. The number of nitrogen functional groups attached to an aromatic ring is 1. The summed E-state index contributed by atoms with van der Waals surface area (Å²) in [5.74, 6) is 4.01. The second-order valence-electron chi connectivity index (χ2n) is 3.66. The van der Waals surface area contributed by atoms with Crippen molar-refractivity contribution in [1.82, 2.24) is 4.68 Å². The molecule has 0 aliphatic heterocycles. The minimum absolute atomic E-state index is 0.0570. The maximum atomic E-state index is 13.6. The van der Waals surface area contributed by atoms with Gasteiger partial charge in [0.15, 0.2) is 0 Å². The minimum atomic E-state index is -0.752. The molecule has 88 valence electrons. The summed E-state index contributed by atoms with van der Waals surface area (Å²) >= 11 is 0. The van der Waals surface area contributed by atoms with Crippen LogP contribution in [0.4, 0.5) is 4.39 Å². The van der Waals surface area contributed by atoms with Gasteiger partial charge in [0.05, 0.1) is 16.6 Å². The molecule has 0 atom stereocenters. The quantitative estimate of drug-likeness (QED) is 0.694. The van der Waals surface area contributed by atoms with Crippen LogP contribution in [0.25, 0.3) is 10.8 Å². The Balaban J connectivity index is 3.16. The molecule has 0 spiro atoms. The van der Waals surface area contributed by atoms with E-state index >= 15 is 0 Å². The molecule has 0 bridgehead atoms. The smallest absolute Gasteiger partial charge is 0.279 e. The van der Waals surface area contributed by atoms with Gasteiger partial charge in [-0.2, -0.15) is 0 Å². The fourth-order valence-corrected chi connectivity index (χ4v) is 1.85. The number of fused-ring (bicyclic) bond motifs is 1. The number of pyridine rings is 1. The standard InChI is InChI=1S/C11H10FN3O2/c1-5-8(10(13)16)6-3-2-4-7(12)9(6)11(17)15(5)14/h2-4H,14H2,1H3,(H2,13,16). The van der Waals surface area contributed by atoms with Crippen molar-refractivity contribution in [2.24, 2.45) is 5.73 Å². The third-order valence-electron chi connectivity index (χ3n) is 2.69. The molecule has 1 aromatic carbocycles. The molecule has 5 nitrogen and oxygen atoms in total. The van der Waals surface area contributed by atoms with Gasteiger partial charge in [0.25, 0.3) is 11.5 Å². The van der Waals surface area contributed by atoms with Gasteiger partial charge < -0.3 is 11.6 Å². The van der Waals surface area contributed by atoms with Gasteiger partial charge in [-0.15, -0.1) is 0 Å². The van der Waals surface area contributed by atoms with Crippen molar-refractivity contribution in [3.8, 4) is 0 Å². The van der Waals surface area contributed by atoms with Crippen molar-refractivity contribution in [3.05, 3.63) is 45.6 Å². The Labute approximate surface area is 95.4 Å². The maximum absolute atomic E-state index is 13.6. The molecule has 2 rings (SSSR count). The van der Waals surface area contributed by atoms with Crippen LogP contribution in [0.3, 0.4) is 0 Å². The van der Waals surface area contributed by atoms with Crippen LogP contribution >= 0.6 is 0 Å². The van der Waals surface area contributed by atoms with Crippen molar-refractivity contribution in [2.45, 2.75) is 6.92 Å². The SMILES string of the molecule is Cc1c(C(N)=O)c2cccc(F)c2c(=O)n1N. The Bertz CT molecular complexity index is 691. The number of carbonyl (C=O) groups is 1. The molecular weight excluding hydrogens is 225 g/mol. The first-order valence-corrected chi connectivity index (χ1v) is 4.84. The molecule has 0 radical (unpaired) electrons. The lowest BCUT2D eigenvalue weighted by Gasteiger charge is -2.11. The Kier molecular flexibility index (Phi) is 2.35. The number of benzene rings is 1. The molecule has 0 aliphatic carbocycles. The van der Waals surface area contributed by atoms with Crippen molar-refractivity contribution < 1.29 is 9.18 Å². The van der Waals surface area contributed by atoms with Crippen LogP contribution in [0.1, 0.15) is 16.1 Å². The van der Waals surface area contributed by atoms with Gasteiger partial charge in [0, 0.05) is 5.39 Å². The first-order valence-electron chi connectivity index (χ1n) is 4.84. The number of hydrogen-bond acceptors (Lipinski definition) is 3. The first kappa shape index (κ1) is 11.1. The summed E-state index contributed by atoms with van der Waals surface area (Å²) in [6, 6.07) is 4.00. The van der Waals surface area contributed by atoms with E-state index in [1.807, 2.05) is 0 Å². The third-order valence-corrected chi connectivity index (χ3v) is 2.69. The first-order chi connectivity index (χ1) is 7.95. The van der Waals surface area contributed by atoms with Gasteiger partial charge in [-0.25, -0.2) is 9.07 Å². The highest BCUT2D eigenvalue weighted by Gasteiger charge is 2.18. The lowest BCUT2D eigenvalue weighted by molar-refractivity contribution is 0.100. The number of nitrogens with two attached hydrogens (primary N) is 2. The predicted octanol–water partition coefficient (Wildman–Crippen LogP) is 0.262. The molecule has 1 heterocycles. The molecule has 1 amide bonds. The van der Waals surface area contributed by atoms with Crippen LogP contribution in [0.15, 0.2) is 23.0 Å². The lowest BCUT2D eigenvalue weighted by Crippen LogP contribution is -2.33. The van der Waals surface area contributed by atoms with Gasteiger partial charge in [-0.05, 0) is 13.0 Å². The minimum Gasteiger partial charge on any atom is -0.366 e. The summed E-state index contributed by atoms with van der Waals surface area (Å²) in [5.41, 5.74) is 4.79. The average molecular weight is 235 g/mol. The fraction of sp³-hybridized carbons (Fsp3) is 0.0909. The van der Waals surface area contributed by atoms with E-state index in [9.17, 15) is 14.0 Å². The van der Waals surface area contributed by atoms with Crippen LogP contribution < -0.4 is 17.1 Å². The normalized spacial score (nSPS) is 10.7. The van der Waals surface area contributed by atoms with Gasteiger partial charge in [0.1, 0.15) is 5.82 Å². The summed E-state index contributed by atoms with van der Waals surface area (Å²) in [7, 11) is 0. The van der Waals surface area contributed by atoms with Gasteiger partial charge in [-0.1, -0.05) is 12.1 Å². The second kappa shape index (κ2) is 3.58. The van der Waals surface area contributed by atoms with Crippen LogP contribution in [-0.2, 0) is 0 Å². The number of aromatic nitrogens is 1. The van der Waals surface area contributed by atoms with E-state index < -0.39 is 17.3 Å². The molecular formula is C11H10FN3O2.